The van der Waals surface area contributed by atoms with Crippen molar-refractivity contribution in [3.63, 3.8) is 0 Å². The van der Waals surface area contributed by atoms with Crippen LogP contribution in [0.5, 0.6) is 23.0 Å². The Kier molecular flexibility index (Phi) is 10.3. The summed E-state index contributed by atoms with van der Waals surface area (Å²) in [6, 6.07) is 11.0. The van der Waals surface area contributed by atoms with Gasteiger partial charge >= 0.3 is 12.1 Å². The van der Waals surface area contributed by atoms with Crippen LogP contribution in [0.1, 0.15) is 36.1 Å². The molecule has 6 rings (SSSR count). The SMILES string of the molecule is COc1cnn(Cc2cc(CNC(=O)N3CC4(C)CN(C(=O)NCc5ccc(Cn6cc(OC)cn6)c(OC)c5)CC(C)(C3)C4=O)ccc2OC)c1. The zero-order chi connectivity index (χ0) is 37.0. The van der Waals surface area contributed by atoms with E-state index < -0.39 is 10.8 Å². The summed E-state index contributed by atoms with van der Waals surface area (Å²) in [7, 11) is 6.41. The first-order valence-electron chi connectivity index (χ1n) is 17.0. The maximum absolute atomic E-state index is 13.7. The average Bonchev–Trinajstić information content (AvgIpc) is 3.80. The molecule has 2 aromatic heterocycles. The first-order valence-corrected chi connectivity index (χ1v) is 17.0. The molecule has 2 aliphatic rings. The van der Waals surface area contributed by atoms with Gasteiger partial charge in [0.15, 0.2) is 17.3 Å². The molecule has 2 bridgehead atoms. The summed E-state index contributed by atoms with van der Waals surface area (Å²) < 4.78 is 25.2. The van der Waals surface area contributed by atoms with E-state index in [0.29, 0.717) is 36.1 Å². The Balaban J connectivity index is 1.05. The standard InChI is InChI=1S/C37H46N8O7/c1-36-21-42(34(47)38-13-25-8-10-31(51-5)28(11-25)18-45-20-30(50-4)16-41-45)22-37(2,33(36)46)24-43(23-36)35(48)39-14-26-7-9-27(32(12-26)52-6)17-44-19-29(49-3)15-40-44/h7-12,15-16,19-20H,13-14,17-18,21-24H2,1-6H3,(H,38,47)(H,39,48). The van der Waals surface area contributed by atoms with Crippen molar-refractivity contribution in [3.8, 4) is 23.0 Å². The van der Waals surface area contributed by atoms with Gasteiger partial charge in [0.1, 0.15) is 11.5 Å². The maximum Gasteiger partial charge on any atom is 0.317 e. The molecule has 2 aliphatic heterocycles. The molecular weight excluding hydrogens is 668 g/mol. The second kappa shape index (κ2) is 14.9. The van der Waals surface area contributed by atoms with Crippen molar-refractivity contribution in [2.75, 3.05) is 54.6 Å². The van der Waals surface area contributed by atoms with E-state index in [1.54, 1.807) is 72.4 Å². The third-order valence-electron chi connectivity index (χ3n) is 9.77. The Hall–Kier alpha value is -5.73. The number of methoxy groups -OCH3 is 4. The summed E-state index contributed by atoms with van der Waals surface area (Å²) in [4.78, 5) is 44.1. The van der Waals surface area contributed by atoms with Gasteiger partial charge in [-0.2, -0.15) is 10.2 Å². The second-order valence-corrected chi connectivity index (χ2v) is 13.9. The van der Waals surface area contributed by atoms with Crippen molar-refractivity contribution in [3.05, 3.63) is 83.4 Å². The fraction of sp³-hybridized carbons (Fsp3) is 0.432. The van der Waals surface area contributed by atoms with Gasteiger partial charge in [-0.3, -0.25) is 14.2 Å². The topological polar surface area (TPSA) is 154 Å². The van der Waals surface area contributed by atoms with Crippen LogP contribution < -0.4 is 29.6 Å². The lowest BCUT2D eigenvalue weighted by atomic mass is 9.64. The fourth-order valence-corrected chi connectivity index (χ4v) is 7.30. The molecule has 52 heavy (non-hydrogen) atoms. The van der Waals surface area contributed by atoms with E-state index in [1.165, 1.54) is 0 Å². The first kappa shape index (κ1) is 36.1. The summed E-state index contributed by atoms with van der Waals surface area (Å²) in [5, 5.41) is 14.7. The molecular formula is C37H46N8O7. The highest BCUT2D eigenvalue weighted by molar-refractivity contribution is 5.95. The zero-order valence-electron chi connectivity index (χ0n) is 30.5. The summed E-state index contributed by atoms with van der Waals surface area (Å²) in [5.74, 6) is 2.79. The van der Waals surface area contributed by atoms with Gasteiger partial charge in [-0.05, 0) is 43.2 Å². The number of aromatic nitrogens is 4. The van der Waals surface area contributed by atoms with Crippen molar-refractivity contribution in [1.29, 1.82) is 0 Å². The minimum Gasteiger partial charge on any atom is -0.496 e. The van der Waals surface area contributed by atoms with Crippen molar-refractivity contribution in [2.24, 2.45) is 10.8 Å². The van der Waals surface area contributed by atoms with E-state index >= 15 is 0 Å². The lowest BCUT2D eigenvalue weighted by molar-refractivity contribution is -0.152. The van der Waals surface area contributed by atoms with Crippen LogP contribution in [0.25, 0.3) is 0 Å². The number of hydrogen-bond donors (Lipinski definition) is 2. The number of ether oxygens (including phenoxy) is 4. The Labute approximate surface area is 302 Å². The molecule has 0 saturated carbocycles. The van der Waals surface area contributed by atoms with Gasteiger partial charge in [-0.1, -0.05) is 18.2 Å². The minimum atomic E-state index is -0.919. The van der Waals surface area contributed by atoms with Crippen LogP contribution in [0, 0.1) is 10.8 Å². The Morgan fingerprint density at radius 1 is 0.673 bits per heavy atom. The molecule has 2 fully saturated rings. The Morgan fingerprint density at radius 2 is 1.15 bits per heavy atom. The van der Waals surface area contributed by atoms with E-state index in [2.05, 4.69) is 20.8 Å². The third kappa shape index (κ3) is 7.62. The first-order chi connectivity index (χ1) is 24.9. The lowest BCUT2D eigenvalue weighted by Gasteiger charge is -2.54. The number of ketones is 1. The predicted octanol–water partition coefficient (Wildman–Crippen LogP) is 3.54. The molecule has 4 aromatic rings. The van der Waals surface area contributed by atoms with Crippen LogP contribution in [0.4, 0.5) is 9.59 Å². The quantitative estimate of drug-likeness (QED) is 0.224. The molecule has 0 radical (unpaired) electrons. The molecule has 0 spiro atoms. The highest BCUT2D eigenvalue weighted by Gasteiger charge is 2.57. The highest BCUT2D eigenvalue weighted by atomic mass is 16.5. The number of Topliss-reactive ketones (excluding diaryl/α,β-unsaturated/α-hetero) is 1. The number of nitrogens with zero attached hydrogens (tertiary/aromatic N) is 6. The molecule has 2 saturated heterocycles. The van der Waals surface area contributed by atoms with Crippen LogP contribution in [-0.2, 0) is 31.0 Å². The summed E-state index contributed by atoms with van der Waals surface area (Å²) in [6.07, 6.45) is 6.89. The Bertz CT molecular complexity index is 1920. The smallest absolute Gasteiger partial charge is 0.317 e. The summed E-state index contributed by atoms with van der Waals surface area (Å²) >= 11 is 0. The molecule has 15 heteroatoms. The van der Waals surface area contributed by atoms with Gasteiger partial charge in [0.25, 0.3) is 0 Å². The molecule has 4 amide bonds. The van der Waals surface area contributed by atoms with E-state index in [9.17, 15) is 14.4 Å². The summed E-state index contributed by atoms with van der Waals surface area (Å²) in [5.41, 5.74) is 1.75. The van der Waals surface area contributed by atoms with Crippen LogP contribution >= 0.6 is 0 Å². The van der Waals surface area contributed by atoms with E-state index in [0.717, 1.165) is 22.3 Å². The van der Waals surface area contributed by atoms with Gasteiger partial charge in [0.2, 0.25) is 0 Å². The minimum absolute atomic E-state index is 0.0678. The number of carbonyl (C=O) groups is 3. The van der Waals surface area contributed by atoms with Crippen LogP contribution in [0.15, 0.2) is 61.2 Å². The highest BCUT2D eigenvalue weighted by Crippen LogP contribution is 2.42. The lowest BCUT2D eigenvalue weighted by Crippen LogP contribution is -2.70. The number of hydrogen-bond acceptors (Lipinski definition) is 9. The summed E-state index contributed by atoms with van der Waals surface area (Å²) in [6.45, 7) is 6.01. The van der Waals surface area contributed by atoms with Crippen LogP contribution in [-0.4, -0.2) is 102 Å². The molecule has 15 nitrogen and oxygen atoms in total. The van der Waals surface area contributed by atoms with E-state index in [4.69, 9.17) is 18.9 Å². The number of nitrogens with one attached hydrogen (secondary N) is 2. The van der Waals surface area contributed by atoms with E-state index in [1.807, 2.05) is 50.2 Å². The molecule has 2 N–H and O–H groups in total. The monoisotopic (exact) mass is 714 g/mol. The number of benzene rings is 2. The zero-order valence-corrected chi connectivity index (χ0v) is 30.5. The van der Waals surface area contributed by atoms with Gasteiger partial charge in [0.05, 0.1) is 77.1 Å². The predicted molar refractivity (Wildman–Crippen MR) is 191 cm³/mol. The molecule has 2 atom stereocenters. The number of rotatable bonds is 12. The van der Waals surface area contributed by atoms with E-state index in [-0.39, 0.29) is 57.1 Å². The number of likely N-dealkylation sites (tertiary alicyclic amines) is 2. The average molecular weight is 715 g/mol. The molecule has 2 unspecified atom stereocenters. The number of fused-ring (bicyclic) bond motifs is 2. The Morgan fingerprint density at radius 3 is 1.63 bits per heavy atom. The van der Waals surface area contributed by atoms with Gasteiger partial charge in [0, 0.05) is 50.4 Å². The molecule has 276 valence electrons. The molecule has 0 aliphatic carbocycles. The number of piperidine rings is 2. The fourth-order valence-electron chi connectivity index (χ4n) is 7.30. The van der Waals surface area contributed by atoms with Crippen molar-refractivity contribution in [2.45, 2.75) is 40.0 Å². The van der Waals surface area contributed by atoms with Crippen molar-refractivity contribution in [1.82, 2.24) is 40.0 Å². The second-order valence-electron chi connectivity index (χ2n) is 13.9. The van der Waals surface area contributed by atoms with Crippen molar-refractivity contribution >= 4 is 17.8 Å². The normalized spacial score (nSPS) is 19.6. The largest absolute Gasteiger partial charge is 0.496 e. The van der Waals surface area contributed by atoms with Crippen LogP contribution in [0.3, 0.4) is 0 Å². The van der Waals surface area contributed by atoms with Gasteiger partial charge in [-0.15, -0.1) is 0 Å². The van der Waals surface area contributed by atoms with Gasteiger partial charge < -0.3 is 39.4 Å². The third-order valence-corrected chi connectivity index (χ3v) is 9.77. The molecule has 2 aromatic carbocycles. The maximum atomic E-state index is 13.7. The van der Waals surface area contributed by atoms with Crippen LogP contribution in [0.2, 0.25) is 0 Å². The number of carbonyl (C=O) groups excluding carboxylic acids is 3. The molecule has 4 heterocycles. The number of amides is 4. The van der Waals surface area contributed by atoms with Crippen molar-refractivity contribution < 1.29 is 33.3 Å². The number of urea groups is 2. The van der Waals surface area contributed by atoms with Gasteiger partial charge in [-0.25, -0.2) is 9.59 Å².